The average molecular weight is 269 g/mol. The van der Waals surface area contributed by atoms with Crippen LogP contribution in [0.25, 0.3) is 10.9 Å². The molecule has 5 heteroatoms. The molecule has 1 amide bonds. The fourth-order valence-electron chi connectivity index (χ4n) is 2.03. The van der Waals surface area contributed by atoms with Crippen LogP contribution in [0.2, 0.25) is 0 Å². The molecule has 4 nitrogen and oxygen atoms in total. The van der Waals surface area contributed by atoms with Gasteiger partial charge in [0.25, 0.3) is 5.91 Å². The van der Waals surface area contributed by atoms with Crippen LogP contribution in [-0.2, 0) is 7.05 Å². The first kappa shape index (κ1) is 12.3. The van der Waals surface area contributed by atoms with Gasteiger partial charge in [-0.15, -0.1) is 0 Å². The third kappa shape index (κ3) is 2.25. The zero-order chi connectivity index (χ0) is 14.1. The predicted molar refractivity (Wildman–Crippen MR) is 75.1 cm³/mol. The molecule has 1 aromatic heterocycles. The topological polar surface area (TPSA) is 46.9 Å². The van der Waals surface area contributed by atoms with Gasteiger partial charge in [-0.3, -0.25) is 9.48 Å². The molecule has 2 aromatic carbocycles. The van der Waals surface area contributed by atoms with Crippen LogP contribution in [0.5, 0.6) is 0 Å². The molecule has 0 aliphatic carbocycles. The van der Waals surface area contributed by atoms with E-state index in [0.717, 1.165) is 10.9 Å². The lowest BCUT2D eigenvalue weighted by Gasteiger charge is -2.06. The van der Waals surface area contributed by atoms with Crippen LogP contribution >= 0.6 is 0 Å². The van der Waals surface area contributed by atoms with Gasteiger partial charge >= 0.3 is 0 Å². The Labute approximate surface area is 114 Å². The molecule has 0 bridgehead atoms. The van der Waals surface area contributed by atoms with Crippen LogP contribution in [0, 0.1) is 5.82 Å². The molecule has 20 heavy (non-hydrogen) atoms. The molecular formula is C15H12FN3O. The summed E-state index contributed by atoms with van der Waals surface area (Å²) in [5, 5.41) is 7.94. The lowest BCUT2D eigenvalue weighted by Crippen LogP contribution is -2.11. The summed E-state index contributed by atoms with van der Waals surface area (Å²) in [6.45, 7) is 0. The van der Waals surface area contributed by atoms with Gasteiger partial charge in [0.05, 0.1) is 11.7 Å². The Bertz CT molecular complexity index is 777. The molecule has 0 aliphatic heterocycles. The highest BCUT2D eigenvalue weighted by molar-refractivity contribution is 6.05. The fraction of sp³-hybridized carbons (Fsp3) is 0.0667. The molecule has 100 valence electrons. The molecule has 0 saturated heterocycles. The van der Waals surface area contributed by atoms with Crippen LogP contribution in [0.4, 0.5) is 10.1 Å². The molecule has 1 heterocycles. The van der Waals surface area contributed by atoms with E-state index >= 15 is 0 Å². The van der Waals surface area contributed by atoms with E-state index in [0.29, 0.717) is 11.3 Å². The Hall–Kier alpha value is -2.69. The highest BCUT2D eigenvalue weighted by Gasteiger charge is 2.07. The van der Waals surface area contributed by atoms with Crippen molar-refractivity contribution >= 4 is 22.5 Å². The van der Waals surface area contributed by atoms with Crippen molar-refractivity contribution in [2.45, 2.75) is 0 Å². The first-order valence-electron chi connectivity index (χ1n) is 6.12. The minimum absolute atomic E-state index is 0.272. The zero-order valence-electron chi connectivity index (χ0n) is 10.8. The third-order valence-electron chi connectivity index (χ3n) is 3.11. The number of carbonyl (C=O) groups is 1. The monoisotopic (exact) mass is 269 g/mol. The molecule has 0 saturated carbocycles. The first-order chi connectivity index (χ1) is 9.63. The van der Waals surface area contributed by atoms with E-state index in [-0.39, 0.29) is 11.7 Å². The van der Waals surface area contributed by atoms with Gasteiger partial charge in [0.1, 0.15) is 5.82 Å². The molecule has 0 fully saturated rings. The molecule has 0 radical (unpaired) electrons. The number of anilines is 1. The number of halogens is 1. The van der Waals surface area contributed by atoms with Gasteiger partial charge in [-0.25, -0.2) is 4.39 Å². The molecular weight excluding hydrogens is 257 g/mol. The summed E-state index contributed by atoms with van der Waals surface area (Å²) < 4.78 is 14.6. The predicted octanol–water partition coefficient (Wildman–Crippen LogP) is 2.96. The molecule has 3 aromatic rings. The molecule has 0 atom stereocenters. The lowest BCUT2D eigenvalue weighted by molar-refractivity contribution is 0.102. The standard InChI is InChI=1S/C15H12FN3O/c1-19-14-8-13(7-4-11(14)9-17-19)18-15(20)10-2-5-12(16)6-3-10/h2-9H,1H3,(H,18,20). The van der Waals surface area contributed by atoms with Crippen molar-refractivity contribution in [1.82, 2.24) is 9.78 Å². The minimum atomic E-state index is -0.363. The summed E-state index contributed by atoms with van der Waals surface area (Å²) in [5.74, 6) is -0.635. The van der Waals surface area contributed by atoms with Gasteiger partial charge in [-0.05, 0) is 42.5 Å². The molecule has 3 rings (SSSR count). The normalized spacial score (nSPS) is 10.7. The summed E-state index contributed by atoms with van der Waals surface area (Å²) in [7, 11) is 1.84. The molecule has 0 unspecified atom stereocenters. The van der Waals surface area contributed by atoms with E-state index in [1.54, 1.807) is 10.9 Å². The van der Waals surface area contributed by atoms with Crippen LogP contribution in [0.3, 0.4) is 0 Å². The first-order valence-corrected chi connectivity index (χ1v) is 6.12. The van der Waals surface area contributed by atoms with E-state index < -0.39 is 0 Å². The fourth-order valence-corrected chi connectivity index (χ4v) is 2.03. The van der Waals surface area contributed by atoms with Gasteiger partial charge in [-0.1, -0.05) is 0 Å². The van der Waals surface area contributed by atoms with E-state index in [9.17, 15) is 9.18 Å². The van der Waals surface area contributed by atoms with Gasteiger partial charge in [0, 0.05) is 23.7 Å². The largest absolute Gasteiger partial charge is 0.322 e. The summed E-state index contributed by atoms with van der Waals surface area (Å²) in [6.07, 6.45) is 1.76. The smallest absolute Gasteiger partial charge is 0.255 e. The SMILES string of the molecule is Cn1ncc2ccc(NC(=O)c3ccc(F)cc3)cc21. The van der Waals surface area contributed by atoms with E-state index in [2.05, 4.69) is 10.4 Å². The zero-order valence-corrected chi connectivity index (χ0v) is 10.8. The Morgan fingerprint density at radius 3 is 2.70 bits per heavy atom. The Kier molecular flexibility index (Phi) is 2.95. The van der Waals surface area contributed by atoms with Gasteiger partial charge < -0.3 is 5.32 Å². The van der Waals surface area contributed by atoms with Crippen molar-refractivity contribution in [3.8, 4) is 0 Å². The Morgan fingerprint density at radius 1 is 1.20 bits per heavy atom. The maximum atomic E-state index is 12.8. The molecule has 0 aliphatic rings. The van der Waals surface area contributed by atoms with Gasteiger partial charge in [0.15, 0.2) is 0 Å². The van der Waals surface area contributed by atoms with Crippen molar-refractivity contribution in [3.05, 3.63) is 60.0 Å². The molecule has 0 spiro atoms. The number of aromatic nitrogens is 2. The van der Waals surface area contributed by atoms with Crippen LogP contribution in [0.1, 0.15) is 10.4 Å². The van der Waals surface area contributed by atoms with E-state index in [1.165, 1.54) is 24.3 Å². The van der Waals surface area contributed by atoms with Crippen molar-refractivity contribution in [2.24, 2.45) is 7.05 Å². The second kappa shape index (κ2) is 4.77. The van der Waals surface area contributed by atoms with Crippen LogP contribution in [-0.4, -0.2) is 15.7 Å². The number of carbonyl (C=O) groups excluding carboxylic acids is 1. The van der Waals surface area contributed by atoms with E-state index in [1.807, 2.05) is 25.2 Å². The summed E-state index contributed by atoms with van der Waals surface area (Å²) >= 11 is 0. The lowest BCUT2D eigenvalue weighted by atomic mass is 10.2. The number of nitrogens with zero attached hydrogens (tertiary/aromatic N) is 2. The Morgan fingerprint density at radius 2 is 1.95 bits per heavy atom. The maximum Gasteiger partial charge on any atom is 0.255 e. The van der Waals surface area contributed by atoms with Gasteiger partial charge in [0.2, 0.25) is 0 Å². The van der Waals surface area contributed by atoms with Gasteiger partial charge in [-0.2, -0.15) is 5.10 Å². The quantitative estimate of drug-likeness (QED) is 0.777. The average Bonchev–Trinajstić information content (AvgIpc) is 2.81. The van der Waals surface area contributed by atoms with Crippen molar-refractivity contribution < 1.29 is 9.18 Å². The second-order valence-electron chi connectivity index (χ2n) is 4.50. The number of amides is 1. The highest BCUT2D eigenvalue weighted by atomic mass is 19.1. The third-order valence-corrected chi connectivity index (χ3v) is 3.11. The Balaban J connectivity index is 1.86. The molecule has 1 N–H and O–H groups in total. The van der Waals surface area contributed by atoms with Crippen molar-refractivity contribution in [1.29, 1.82) is 0 Å². The van der Waals surface area contributed by atoms with Crippen LogP contribution in [0.15, 0.2) is 48.7 Å². The van der Waals surface area contributed by atoms with Crippen molar-refractivity contribution in [2.75, 3.05) is 5.32 Å². The minimum Gasteiger partial charge on any atom is -0.322 e. The number of fused-ring (bicyclic) bond motifs is 1. The second-order valence-corrected chi connectivity index (χ2v) is 4.50. The number of nitrogens with one attached hydrogen (secondary N) is 1. The number of hydrogen-bond donors (Lipinski definition) is 1. The maximum absolute atomic E-state index is 12.8. The van der Waals surface area contributed by atoms with Crippen LogP contribution < -0.4 is 5.32 Å². The van der Waals surface area contributed by atoms with Crippen molar-refractivity contribution in [3.63, 3.8) is 0 Å². The number of benzene rings is 2. The number of hydrogen-bond acceptors (Lipinski definition) is 2. The summed E-state index contributed by atoms with van der Waals surface area (Å²) in [5.41, 5.74) is 2.02. The summed E-state index contributed by atoms with van der Waals surface area (Å²) in [6, 6.07) is 11.0. The number of rotatable bonds is 2. The summed E-state index contributed by atoms with van der Waals surface area (Å²) in [4.78, 5) is 12.0. The highest BCUT2D eigenvalue weighted by Crippen LogP contribution is 2.19. The number of aryl methyl sites for hydroxylation is 1. The van der Waals surface area contributed by atoms with E-state index in [4.69, 9.17) is 0 Å².